The van der Waals surface area contributed by atoms with E-state index in [1.54, 1.807) is 0 Å². The van der Waals surface area contributed by atoms with Gasteiger partial charge < -0.3 is 20.0 Å². The van der Waals surface area contributed by atoms with Gasteiger partial charge in [-0.15, -0.1) is 0 Å². The average Bonchev–Trinajstić information content (AvgIpc) is 3.64. The Hall–Kier alpha value is -2.71. The molecular weight excluding hydrogens is 426 g/mol. The molecule has 2 aliphatic rings. The molecular formula is C26H39N7O. The quantitative estimate of drug-likeness (QED) is 0.546. The van der Waals surface area contributed by atoms with Gasteiger partial charge in [0, 0.05) is 77.0 Å². The van der Waals surface area contributed by atoms with Crippen LogP contribution in [0, 0.1) is 5.92 Å². The first-order chi connectivity index (χ1) is 16.4. The fraction of sp³-hybridized carbons (Fsp3) is 0.577. The minimum Gasteiger partial charge on any atom is -0.376 e. The van der Waals surface area contributed by atoms with Gasteiger partial charge in [-0.3, -0.25) is 9.69 Å². The zero-order valence-corrected chi connectivity index (χ0v) is 21.1. The van der Waals surface area contributed by atoms with Gasteiger partial charge in [-0.25, -0.2) is 9.97 Å². The molecule has 2 heterocycles. The number of hydrogen-bond donors (Lipinski definition) is 1. The summed E-state index contributed by atoms with van der Waals surface area (Å²) in [6, 6.07) is 6.46. The van der Waals surface area contributed by atoms with Gasteiger partial charge in [0.1, 0.15) is 0 Å². The first kappa shape index (κ1) is 24.4. The Balaban J connectivity index is 1.38. The van der Waals surface area contributed by atoms with Crippen molar-refractivity contribution in [3.8, 4) is 0 Å². The second kappa shape index (κ2) is 11.1. The van der Waals surface area contributed by atoms with Crippen molar-refractivity contribution in [3.05, 3.63) is 47.3 Å². The standard InChI is InChI=1S/C26H39N7O/c1-30(2)12-13-33(18-21-14-28-26(29-15-21)31(3)4)25(34)16-27-24-7-5-6-22-19-32(11-10-23(22)24)17-20-8-9-20/h5-7,14-15,20,27H,8-13,16-19H2,1-4H3. The number of anilines is 2. The normalized spacial score (nSPS) is 15.8. The van der Waals surface area contributed by atoms with E-state index in [1.807, 2.05) is 50.4 Å². The molecule has 0 atom stereocenters. The summed E-state index contributed by atoms with van der Waals surface area (Å²) < 4.78 is 0. The van der Waals surface area contributed by atoms with Crippen LogP contribution < -0.4 is 10.2 Å². The number of benzene rings is 1. The molecule has 1 N–H and O–H groups in total. The molecule has 1 aliphatic heterocycles. The van der Waals surface area contributed by atoms with Crippen LogP contribution >= 0.6 is 0 Å². The summed E-state index contributed by atoms with van der Waals surface area (Å²) >= 11 is 0. The summed E-state index contributed by atoms with van der Waals surface area (Å²) in [6.07, 6.45) is 7.45. The van der Waals surface area contributed by atoms with Crippen molar-refractivity contribution in [1.82, 2.24) is 24.7 Å². The number of nitrogens with one attached hydrogen (secondary N) is 1. The van der Waals surface area contributed by atoms with Crippen LogP contribution in [-0.4, -0.2) is 91.5 Å². The predicted molar refractivity (Wildman–Crippen MR) is 137 cm³/mol. The third-order valence-electron chi connectivity index (χ3n) is 6.62. The molecule has 1 aliphatic carbocycles. The number of carbonyl (C=O) groups excluding carboxylic acids is 1. The highest BCUT2D eigenvalue weighted by Gasteiger charge is 2.27. The molecule has 1 aromatic heterocycles. The molecule has 1 aromatic carbocycles. The first-order valence-electron chi connectivity index (χ1n) is 12.4. The van der Waals surface area contributed by atoms with Gasteiger partial charge in [-0.2, -0.15) is 0 Å². The topological polar surface area (TPSA) is 67.8 Å². The van der Waals surface area contributed by atoms with Crippen molar-refractivity contribution < 1.29 is 4.79 Å². The zero-order chi connectivity index (χ0) is 24.1. The van der Waals surface area contributed by atoms with Crippen LogP contribution in [0.5, 0.6) is 0 Å². The molecule has 1 amide bonds. The molecule has 2 aromatic rings. The van der Waals surface area contributed by atoms with E-state index in [0.29, 0.717) is 19.0 Å². The third kappa shape index (κ3) is 6.67. The SMILES string of the molecule is CN(C)CCN(Cc1cnc(N(C)C)nc1)C(=O)CNc1cccc2c1CCN(CC1CC1)C2. The summed E-state index contributed by atoms with van der Waals surface area (Å²) in [6.45, 7) is 5.61. The van der Waals surface area contributed by atoms with Crippen molar-refractivity contribution in [2.24, 2.45) is 5.92 Å². The van der Waals surface area contributed by atoms with Gasteiger partial charge in [0.15, 0.2) is 0 Å². The molecule has 8 nitrogen and oxygen atoms in total. The molecule has 0 spiro atoms. The van der Waals surface area contributed by atoms with Crippen molar-refractivity contribution >= 4 is 17.5 Å². The highest BCUT2D eigenvalue weighted by molar-refractivity contribution is 5.81. The van der Waals surface area contributed by atoms with Crippen LogP contribution in [0.1, 0.15) is 29.5 Å². The van der Waals surface area contributed by atoms with Gasteiger partial charge >= 0.3 is 0 Å². The molecule has 0 bridgehead atoms. The van der Waals surface area contributed by atoms with Crippen molar-refractivity contribution in [2.45, 2.75) is 32.4 Å². The smallest absolute Gasteiger partial charge is 0.242 e. The average molecular weight is 466 g/mol. The van der Waals surface area contributed by atoms with Gasteiger partial charge in [-0.05, 0) is 56.5 Å². The second-order valence-corrected chi connectivity index (χ2v) is 10.1. The Morgan fingerprint density at radius 2 is 1.88 bits per heavy atom. The van der Waals surface area contributed by atoms with E-state index in [2.05, 4.69) is 43.3 Å². The number of amides is 1. The lowest BCUT2D eigenvalue weighted by Gasteiger charge is -2.30. The van der Waals surface area contributed by atoms with Crippen LogP contribution in [0.25, 0.3) is 0 Å². The molecule has 0 unspecified atom stereocenters. The van der Waals surface area contributed by atoms with Crippen LogP contribution in [0.3, 0.4) is 0 Å². The van der Waals surface area contributed by atoms with Crippen LogP contribution in [0.2, 0.25) is 0 Å². The highest BCUT2D eigenvalue weighted by atomic mass is 16.2. The number of carbonyl (C=O) groups is 1. The Bertz CT molecular complexity index is 956. The first-order valence-corrected chi connectivity index (χ1v) is 12.4. The summed E-state index contributed by atoms with van der Waals surface area (Å²) in [5.74, 6) is 1.67. The van der Waals surface area contributed by atoms with Gasteiger partial charge in [-0.1, -0.05) is 12.1 Å². The zero-order valence-electron chi connectivity index (χ0n) is 21.1. The number of fused-ring (bicyclic) bond motifs is 1. The van der Waals surface area contributed by atoms with E-state index in [4.69, 9.17) is 0 Å². The van der Waals surface area contributed by atoms with E-state index in [9.17, 15) is 4.79 Å². The molecule has 1 fully saturated rings. The molecule has 34 heavy (non-hydrogen) atoms. The number of hydrogen-bond acceptors (Lipinski definition) is 7. The monoisotopic (exact) mass is 465 g/mol. The Morgan fingerprint density at radius 1 is 1.12 bits per heavy atom. The van der Waals surface area contributed by atoms with E-state index in [1.165, 1.54) is 30.5 Å². The number of rotatable bonds is 11. The predicted octanol–water partition coefficient (Wildman–Crippen LogP) is 2.31. The molecule has 0 radical (unpaired) electrons. The Labute approximate surface area is 204 Å². The summed E-state index contributed by atoms with van der Waals surface area (Å²) in [5.41, 5.74) is 4.80. The lowest BCUT2D eigenvalue weighted by atomic mass is 9.97. The van der Waals surface area contributed by atoms with Crippen molar-refractivity contribution in [3.63, 3.8) is 0 Å². The van der Waals surface area contributed by atoms with Crippen LogP contribution in [0.4, 0.5) is 11.6 Å². The van der Waals surface area contributed by atoms with Crippen molar-refractivity contribution in [2.75, 3.05) is 71.1 Å². The van der Waals surface area contributed by atoms with E-state index < -0.39 is 0 Å². The van der Waals surface area contributed by atoms with Crippen molar-refractivity contribution in [1.29, 1.82) is 0 Å². The van der Waals surface area contributed by atoms with E-state index >= 15 is 0 Å². The number of likely N-dealkylation sites (N-methyl/N-ethyl adjacent to an activating group) is 1. The minimum absolute atomic E-state index is 0.0855. The summed E-state index contributed by atoms with van der Waals surface area (Å²) in [7, 11) is 7.89. The Kier molecular flexibility index (Phi) is 8.00. The minimum atomic E-state index is 0.0855. The fourth-order valence-electron chi connectivity index (χ4n) is 4.43. The molecule has 0 saturated heterocycles. The highest BCUT2D eigenvalue weighted by Crippen LogP contribution is 2.32. The lowest BCUT2D eigenvalue weighted by Crippen LogP contribution is -2.39. The Morgan fingerprint density at radius 3 is 2.56 bits per heavy atom. The maximum Gasteiger partial charge on any atom is 0.242 e. The van der Waals surface area contributed by atoms with Gasteiger partial charge in [0.05, 0.1) is 6.54 Å². The lowest BCUT2D eigenvalue weighted by molar-refractivity contribution is -0.130. The number of nitrogens with zero attached hydrogens (tertiary/aromatic N) is 6. The maximum atomic E-state index is 13.2. The second-order valence-electron chi connectivity index (χ2n) is 10.1. The summed E-state index contributed by atoms with van der Waals surface area (Å²) in [5, 5.41) is 3.46. The van der Waals surface area contributed by atoms with Crippen LogP contribution in [0.15, 0.2) is 30.6 Å². The van der Waals surface area contributed by atoms with Gasteiger partial charge in [0.25, 0.3) is 0 Å². The molecule has 184 valence electrons. The maximum absolute atomic E-state index is 13.2. The van der Waals surface area contributed by atoms with Gasteiger partial charge in [0.2, 0.25) is 11.9 Å². The summed E-state index contributed by atoms with van der Waals surface area (Å²) in [4.78, 5) is 30.5. The largest absolute Gasteiger partial charge is 0.376 e. The van der Waals surface area contributed by atoms with Crippen LogP contribution in [-0.2, 0) is 24.3 Å². The molecule has 8 heteroatoms. The molecule has 4 rings (SSSR count). The third-order valence-corrected chi connectivity index (χ3v) is 6.62. The van der Waals surface area contributed by atoms with E-state index in [-0.39, 0.29) is 12.5 Å². The van der Waals surface area contributed by atoms with E-state index in [0.717, 1.165) is 43.2 Å². The molecule has 1 saturated carbocycles. The fourth-order valence-corrected chi connectivity index (χ4v) is 4.43. The number of aromatic nitrogens is 2.